The zero-order valence-electron chi connectivity index (χ0n) is 16.7. The van der Waals surface area contributed by atoms with E-state index in [1.807, 2.05) is 12.1 Å². The van der Waals surface area contributed by atoms with Gasteiger partial charge in [0.15, 0.2) is 0 Å². The molecule has 0 unspecified atom stereocenters. The minimum Gasteiger partial charge on any atom is -0.322 e. The summed E-state index contributed by atoms with van der Waals surface area (Å²) in [5.41, 5.74) is 7.95. The van der Waals surface area contributed by atoms with Gasteiger partial charge in [-0.3, -0.25) is 9.78 Å². The summed E-state index contributed by atoms with van der Waals surface area (Å²) >= 11 is 0. The lowest BCUT2D eigenvalue weighted by molar-refractivity contribution is 0.0966. The van der Waals surface area contributed by atoms with Crippen LogP contribution in [0.15, 0.2) is 66.3 Å². The Morgan fingerprint density at radius 3 is 2.97 bits per heavy atom. The number of nitrogens with zero attached hydrogens (tertiary/aromatic N) is 1. The summed E-state index contributed by atoms with van der Waals surface area (Å²) in [6, 6.07) is 8.53. The summed E-state index contributed by atoms with van der Waals surface area (Å²) in [7, 11) is 0. The molecule has 3 aliphatic carbocycles. The van der Waals surface area contributed by atoms with Crippen LogP contribution in [0, 0.1) is 0 Å². The Balaban J connectivity index is 0.00000144. The number of pyridine rings is 1. The van der Waals surface area contributed by atoms with Crippen molar-refractivity contribution in [3.8, 4) is 0 Å². The minimum absolute atomic E-state index is 0. The predicted molar refractivity (Wildman–Crippen MR) is 122 cm³/mol. The molecule has 1 N–H and O–H groups in total. The van der Waals surface area contributed by atoms with Gasteiger partial charge < -0.3 is 5.32 Å². The van der Waals surface area contributed by atoms with Crippen LogP contribution in [0.2, 0.25) is 0 Å². The Morgan fingerprint density at radius 2 is 2.07 bits per heavy atom. The van der Waals surface area contributed by atoms with Crippen LogP contribution >= 0.6 is 0 Å². The van der Waals surface area contributed by atoms with Crippen LogP contribution in [-0.4, -0.2) is 10.9 Å². The lowest BCUT2D eigenvalue weighted by Gasteiger charge is -2.13. The van der Waals surface area contributed by atoms with Gasteiger partial charge >= 0.3 is 0 Å². The number of aromatic nitrogens is 1. The number of hydrogen-bond donors (Lipinski definition) is 1. The molecule has 154 valence electrons. The number of carbonyl (C=O) groups is 1. The normalized spacial score (nSPS) is 17.3. The zero-order valence-corrected chi connectivity index (χ0v) is 16.7. The van der Waals surface area contributed by atoms with E-state index in [0.29, 0.717) is 24.1 Å². The van der Waals surface area contributed by atoms with Crippen molar-refractivity contribution in [2.24, 2.45) is 0 Å². The van der Waals surface area contributed by atoms with Crippen LogP contribution in [0.3, 0.4) is 0 Å². The highest BCUT2D eigenvalue weighted by atomic mass is 19.1. The fraction of sp³-hybridized carbons (Fsp3) is 0.231. The van der Waals surface area contributed by atoms with Crippen molar-refractivity contribution in [3.63, 3.8) is 0 Å². The van der Waals surface area contributed by atoms with Crippen LogP contribution in [0.25, 0.3) is 11.6 Å². The second-order valence-electron chi connectivity index (χ2n) is 7.99. The molecule has 0 fully saturated rings. The standard InChI is InChI=1S/C26H23FN2O.2H2/c27-21-7-4-8-22(15-21)29-26(30)20-14-24-23(11-12-25(24)28-16-20)19-10-9-17-5-2-1-3-6-18(17)13-19;;/h2,5,8-11,13-16H,1,3-4,6-7,12H2,(H,29,30);2*1H. The molecule has 0 atom stereocenters. The van der Waals surface area contributed by atoms with Crippen LogP contribution in [0.4, 0.5) is 4.39 Å². The second-order valence-corrected chi connectivity index (χ2v) is 7.99. The summed E-state index contributed by atoms with van der Waals surface area (Å²) in [6.45, 7) is 0. The van der Waals surface area contributed by atoms with Crippen molar-refractivity contribution in [2.45, 2.75) is 38.5 Å². The third-order valence-corrected chi connectivity index (χ3v) is 5.91. The highest BCUT2D eigenvalue weighted by Gasteiger charge is 2.20. The smallest absolute Gasteiger partial charge is 0.257 e. The fourth-order valence-corrected chi connectivity index (χ4v) is 4.32. The number of halogens is 1. The summed E-state index contributed by atoms with van der Waals surface area (Å²) in [4.78, 5) is 17.3. The van der Waals surface area contributed by atoms with Crippen molar-refractivity contribution >= 4 is 17.6 Å². The Hall–Kier alpha value is -3.27. The van der Waals surface area contributed by atoms with Gasteiger partial charge in [0.1, 0.15) is 5.83 Å². The van der Waals surface area contributed by atoms with Gasteiger partial charge in [-0.1, -0.05) is 42.5 Å². The lowest BCUT2D eigenvalue weighted by atomic mass is 9.94. The van der Waals surface area contributed by atoms with Gasteiger partial charge in [0.2, 0.25) is 0 Å². The van der Waals surface area contributed by atoms with Crippen LogP contribution in [0.1, 0.15) is 66.8 Å². The monoisotopic (exact) mass is 402 g/mol. The highest BCUT2D eigenvalue weighted by molar-refractivity contribution is 5.97. The number of benzene rings is 1. The number of aryl methyl sites for hydroxylation is 1. The maximum Gasteiger partial charge on any atom is 0.257 e. The number of rotatable bonds is 3. The maximum absolute atomic E-state index is 13.5. The van der Waals surface area contributed by atoms with Gasteiger partial charge in [-0.05, 0) is 60.1 Å². The molecule has 30 heavy (non-hydrogen) atoms. The van der Waals surface area contributed by atoms with Crippen molar-refractivity contribution in [1.29, 1.82) is 0 Å². The van der Waals surface area contributed by atoms with Crippen molar-refractivity contribution < 1.29 is 12.0 Å². The van der Waals surface area contributed by atoms with E-state index in [4.69, 9.17) is 0 Å². The molecule has 1 aromatic heterocycles. The second kappa shape index (κ2) is 7.86. The minimum atomic E-state index is -0.263. The van der Waals surface area contributed by atoms with Crippen LogP contribution in [-0.2, 0) is 12.8 Å². The average Bonchev–Trinajstić information content (AvgIpc) is 3.03. The van der Waals surface area contributed by atoms with E-state index in [-0.39, 0.29) is 14.6 Å². The molecule has 3 nitrogen and oxygen atoms in total. The van der Waals surface area contributed by atoms with Crippen LogP contribution in [0.5, 0.6) is 0 Å². The first kappa shape index (κ1) is 18.7. The molecule has 0 saturated heterocycles. The van der Waals surface area contributed by atoms with E-state index in [1.54, 1.807) is 6.20 Å². The van der Waals surface area contributed by atoms with E-state index >= 15 is 0 Å². The van der Waals surface area contributed by atoms with Gasteiger partial charge in [0, 0.05) is 33.2 Å². The van der Waals surface area contributed by atoms with Gasteiger partial charge in [0.05, 0.1) is 11.3 Å². The van der Waals surface area contributed by atoms with Gasteiger partial charge in [0.25, 0.3) is 5.91 Å². The maximum atomic E-state index is 13.5. The molecule has 1 heterocycles. The molecule has 1 aromatic carbocycles. The topological polar surface area (TPSA) is 42.0 Å². The number of hydrogen-bond acceptors (Lipinski definition) is 2. The quantitative estimate of drug-likeness (QED) is 0.667. The molecule has 0 saturated carbocycles. The van der Waals surface area contributed by atoms with Crippen molar-refractivity contribution in [2.75, 3.05) is 0 Å². The third-order valence-electron chi connectivity index (χ3n) is 5.91. The van der Waals surface area contributed by atoms with E-state index < -0.39 is 0 Å². The molecular weight excluding hydrogens is 375 g/mol. The van der Waals surface area contributed by atoms with Gasteiger partial charge in [-0.2, -0.15) is 0 Å². The van der Waals surface area contributed by atoms with E-state index in [2.05, 4.69) is 46.7 Å². The molecular formula is C26H27FN2O. The molecule has 3 aliphatic rings. The predicted octanol–water partition coefficient (Wildman–Crippen LogP) is 6.17. The first-order valence-electron chi connectivity index (χ1n) is 10.5. The number of carbonyl (C=O) groups excluding carboxylic acids is 1. The Labute approximate surface area is 178 Å². The summed E-state index contributed by atoms with van der Waals surface area (Å²) in [5.74, 6) is -0.469. The number of fused-ring (bicyclic) bond motifs is 2. The summed E-state index contributed by atoms with van der Waals surface area (Å²) in [5, 5.41) is 2.80. The molecule has 0 radical (unpaired) electrons. The summed E-state index contributed by atoms with van der Waals surface area (Å²) in [6.07, 6.45) is 16.6. The number of allylic oxidation sites excluding steroid dienone is 5. The van der Waals surface area contributed by atoms with Crippen LogP contribution < -0.4 is 5.32 Å². The Morgan fingerprint density at radius 1 is 1.13 bits per heavy atom. The molecule has 5 rings (SSSR count). The zero-order chi connectivity index (χ0) is 20.5. The number of nitrogens with one attached hydrogen (secondary N) is 1. The first-order valence-corrected chi connectivity index (χ1v) is 10.5. The van der Waals surface area contributed by atoms with Gasteiger partial charge in [-0.25, -0.2) is 4.39 Å². The molecule has 0 bridgehead atoms. The van der Waals surface area contributed by atoms with E-state index in [1.165, 1.54) is 29.2 Å². The molecule has 4 heteroatoms. The van der Waals surface area contributed by atoms with E-state index in [9.17, 15) is 9.18 Å². The lowest BCUT2D eigenvalue weighted by Crippen LogP contribution is -2.23. The Bertz CT molecular complexity index is 1160. The Kier molecular flexibility index (Phi) is 4.91. The van der Waals surface area contributed by atoms with Crippen molar-refractivity contribution in [3.05, 3.63) is 99.8 Å². The molecule has 1 amide bonds. The highest BCUT2D eigenvalue weighted by Crippen LogP contribution is 2.34. The van der Waals surface area contributed by atoms with Crippen molar-refractivity contribution in [1.82, 2.24) is 10.3 Å². The first-order chi connectivity index (χ1) is 14.7. The largest absolute Gasteiger partial charge is 0.322 e. The third kappa shape index (κ3) is 3.65. The SMILES string of the molecule is O=C(NC1=CCCC(F)=C1)c1cnc2c(c1)C(c1ccc3c(c1)CCCC=C3)=CC2.[HH].[HH]. The average molecular weight is 403 g/mol. The summed E-state index contributed by atoms with van der Waals surface area (Å²) < 4.78 is 13.5. The molecule has 0 aliphatic heterocycles. The number of amides is 1. The molecule has 0 spiro atoms. The fourth-order valence-electron chi connectivity index (χ4n) is 4.32. The van der Waals surface area contributed by atoms with E-state index in [0.717, 1.165) is 36.1 Å². The van der Waals surface area contributed by atoms with Gasteiger partial charge in [-0.15, -0.1) is 0 Å². The molecule has 2 aromatic rings.